The number of nitrogens with zero attached hydrogens (tertiary/aromatic N) is 4. The van der Waals surface area contributed by atoms with Crippen LogP contribution in [0.5, 0.6) is 5.88 Å². The van der Waals surface area contributed by atoms with Gasteiger partial charge in [0.05, 0.1) is 17.5 Å². The third-order valence-corrected chi connectivity index (χ3v) is 2.98. The Bertz CT molecular complexity index is 821. The summed E-state index contributed by atoms with van der Waals surface area (Å²) in [4.78, 5) is 15.6. The maximum Gasteiger partial charge on any atom is 0.394 e. The SMILES string of the molecule is Oc1nc(-c2ccncc2)nc2c(CC(F)(F)F)nccc12. The van der Waals surface area contributed by atoms with E-state index >= 15 is 0 Å². The van der Waals surface area contributed by atoms with Crippen molar-refractivity contribution >= 4 is 10.9 Å². The first-order valence-corrected chi connectivity index (χ1v) is 6.26. The van der Waals surface area contributed by atoms with Crippen molar-refractivity contribution in [2.45, 2.75) is 12.6 Å². The predicted molar refractivity (Wildman–Crippen MR) is 72.0 cm³/mol. The molecule has 5 nitrogen and oxygen atoms in total. The Hall–Kier alpha value is -2.77. The highest BCUT2D eigenvalue weighted by Gasteiger charge is 2.30. The van der Waals surface area contributed by atoms with Gasteiger partial charge in [0, 0.05) is 24.2 Å². The Morgan fingerprint density at radius 2 is 1.73 bits per heavy atom. The second-order valence-electron chi connectivity index (χ2n) is 4.55. The number of hydrogen-bond donors (Lipinski definition) is 1. The van der Waals surface area contributed by atoms with E-state index in [1.54, 1.807) is 12.1 Å². The van der Waals surface area contributed by atoms with Gasteiger partial charge in [0.15, 0.2) is 5.82 Å². The lowest BCUT2D eigenvalue weighted by Crippen LogP contribution is -2.13. The van der Waals surface area contributed by atoms with Gasteiger partial charge in [0.25, 0.3) is 0 Å². The van der Waals surface area contributed by atoms with Crippen LogP contribution in [-0.2, 0) is 6.42 Å². The maximum absolute atomic E-state index is 12.6. The van der Waals surface area contributed by atoms with Crippen LogP contribution in [0, 0.1) is 0 Å². The fourth-order valence-corrected chi connectivity index (χ4v) is 2.04. The highest BCUT2D eigenvalue weighted by molar-refractivity contribution is 5.86. The minimum absolute atomic E-state index is 0.0147. The van der Waals surface area contributed by atoms with Crippen LogP contribution in [0.1, 0.15) is 5.69 Å². The first kappa shape index (κ1) is 14.2. The Balaban J connectivity index is 2.21. The molecule has 3 heterocycles. The molecule has 0 unspecified atom stereocenters. The van der Waals surface area contributed by atoms with Crippen LogP contribution in [-0.4, -0.2) is 31.2 Å². The van der Waals surface area contributed by atoms with E-state index in [0.717, 1.165) is 0 Å². The smallest absolute Gasteiger partial charge is 0.394 e. The van der Waals surface area contributed by atoms with Crippen molar-refractivity contribution in [2.75, 3.05) is 0 Å². The molecule has 8 heteroatoms. The molecule has 0 saturated heterocycles. The summed E-state index contributed by atoms with van der Waals surface area (Å²) in [5.41, 5.74) is 0.270. The lowest BCUT2D eigenvalue weighted by molar-refractivity contribution is -0.127. The number of hydrogen-bond acceptors (Lipinski definition) is 5. The number of alkyl halides is 3. The molecular formula is C14H9F3N4O. The standard InChI is InChI=1S/C14H9F3N4O/c15-14(16,17)7-10-11-9(3-6-19-10)13(22)21-12(20-11)8-1-4-18-5-2-8/h1-6H,7H2,(H,20,21,22). The van der Waals surface area contributed by atoms with E-state index in [1.165, 1.54) is 24.7 Å². The topological polar surface area (TPSA) is 71.8 Å². The van der Waals surface area contributed by atoms with Crippen molar-refractivity contribution in [1.82, 2.24) is 19.9 Å². The van der Waals surface area contributed by atoms with Crippen molar-refractivity contribution < 1.29 is 18.3 Å². The monoisotopic (exact) mass is 306 g/mol. The third kappa shape index (κ3) is 2.80. The second-order valence-corrected chi connectivity index (χ2v) is 4.55. The second kappa shape index (κ2) is 5.21. The predicted octanol–water partition coefficient (Wildman–Crippen LogP) is 2.90. The Labute approximate surface area is 122 Å². The minimum Gasteiger partial charge on any atom is -0.493 e. The highest BCUT2D eigenvalue weighted by atomic mass is 19.4. The van der Waals surface area contributed by atoms with Gasteiger partial charge < -0.3 is 5.11 Å². The van der Waals surface area contributed by atoms with E-state index in [1.807, 2.05) is 0 Å². The summed E-state index contributed by atoms with van der Waals surface area (Å²) in [5.74, 6) is -0.272. The van der Waals surface area contributed by atoms with E-state index in [4.69, 9.17) is 0 Å². The molecule has 0 fully saturated rings. The lowest BCUT2D eigenvalue weighted by atomic mass is 10.1. The number of rotatable bonds is 2. The van der Waals surface area contributed by atoms with Crippen LogP contribution in [0.4, 0.5) is 13.2 Å². The normalized spacial score (nSPS) is 11.8. The van der Waals surface area contributed by atoms with Gasteiger partial charge in [-0.1, -0.05) is 0 Å². The molecule has 112 valence electrons. The quantitative estimate of drug-likeness (QED) is 0.788. The number of aromatic nitrogens is 4. The van der Waals surface area contributed by atoms with Crippen molar-refractivity contribution in [3.05, 3.63) is 42.5 Å². The number of pyridine rings is 2. The van der Waals surface area contributed by atoms with Crippen molar-refractivity contribution in [1.29, 1.82) is 0 Å². The summed E-state index contributed by atoms with van der Waals surface area (Å²) in [7, 11) is 0. The number of fused-ring (bicyclic) bond motifs is 1. The zero-order valence-electron chi connectivity index (χ0n) is 11.0. The third-order valence-electron chi connectivity index (χ3n) is 2.98. The van der Waals surface area contributed by atoms with Gasteiger partial charge in [0.2, 0.25) is 5.88 Å². The number of aromatic hydroxyl groups is 1. The summed E-state index contributed by atoms with van der Waals surface area (Å²) in [5, 5.41) is 10.1. The zero-order valence-corrected chi connectivity index (χ0v) is 11.0. The Kier molecular flexibility index (Phi) is 3.36. The first-order chi connectivity index (χ1) is 10.4. The fraction of sp³-hybridized carbons (Fsp3) is 0.143. The van der Waals surface area contributed by atoms with E-state index in [2.05, 4.69) is 19.9 Å². The highest BCUT2D eigenvalue weighted by Crippen LogP contribution is 2.29. The van der Waals surface area contributed by atoms with Gasteiger partial charge in [-0.05, 0) is 18.2 Å². The molecule has 0 aliphatic carbocycles. The molecule has 0 bridgehead atoms. The molecule has 0 saturated carbocycles. The van der Waals surface area contributed by atoms with Crippen molar-refractivity contribution in [3.8, 4) is 17.3 Å². The molecule has 0 aromatic carbocycles. The van der Waals surface area contributed by atoms with Crippen molar-refractivity contribution in [3.63, 3.8) is 0 Å². The van der Waals surface area contributed by atoms with E-state index in [9.17, 15) is 18.3 Å². The molecule has 0 aliphatic heterocycles. The molecule has 0 atom stereocenters. The molecule has 0 spiro atoms. The van der Waals surface area contributed by atoms with Crippen LogP contribution in [0.25, 0.3) is 22.3 Å². The average molecular weight is 306 g/mol. The largest absolute Gasteiger partial charge is 0.493 e. The van der Waals surface area contributed by atoms with Gasteiger partial charge in [-0.2, -0.15) is 18.2 Å². The van der Waals surface area contributed by atoms with Gasteiger partial charge in [-0.15, -0.1) is 0 Å². The van der Waals surface area contributed by atoms with Crippen LogP contribution in [0.15, 0.2) is 36.8 Å². The summed E-state index contributed by atoms with van der Waals surface area (Å²) >= 11 is 0. The minimum atomic E-state index is -4.42. The van der Waals surface area contributed by atoms with Gasteiger partial charge in [0.1, 0.15) is 5.52 Å². The number of halogens is 3. The van der Waals surface area contributed by atoms with Gasteiger partial charge in [-0.3, -0.25) is 9.97 Å². The maximum atomic E-state index is 12.6. The molecular weight excluding hydrogens is 297 g/mol. The van der Waals surface area contributed by atoms with Crippen LogP contribution in [0.3, 0.4) is 0 Å². The van der Waals surface area contributed by atoms with E-state index < -0.39 is 12.6 Å². The van der Waals surface area contributed by atoms with Gasteiger partial charge >= 0.3 is 6.18 Å². The fourth-order valence-electron chi connectivity index (χ4n) is 2.04. The lowest BCUT2D eigenvalue weighted by Gasteiger charge is -2.10. The zero-order chi connectivity index (χ0) is 15.7. The average Bonchev–Trinajstić information content (AvgIpc) is 2.47. The summed E-state index contributed by atoms with van der Waals surface area (Å²) in [6.07, 6.45) is -1.45. The van der Waals surface area contributed by atoms with Crippen molar-refractivity contribution in [2.24, 2.45) is 0 Å². The van der Waals surface area contributed by atoms with Crippen LogP contribution < -0.4 is 0 Å². The Morgan fingerprint density at radius 1 is 1.00 bits per heavy atom. The molecule has 0 amide bonds. The van der Waals surface area contributed by atoms with E-state index in [0.29, 0.717) is 5.56 Å². The molecule has 1 N–H and O–H groups in total. The Morgan fingerprint density at radius 3 is 2.41 bits per heavy atom. The molecule has 0 aliphatic rings. The van der Waals surface area contributed by atoms with Crippen LogP contribution in [0.2, 0.25) is 0 Å². The van der Waals surface area contributed by atoms with Gasteiger partial charge in [-0.25, -0.2) is 4.98 Å². The van der Waals surface area contributed by atoms with Crippen LogP contribution >= 0.6 is 0 Å². The summed E-state index contributed by atoms with van der Waals surface area (Å²) < 4.78 is 37.9. The summed E-state index contributed by atoms with van der Waals surface area (Å²) in [6.45, 7) is 0. The summed E-state index contributed by atoms with van der Waals surface area (Å²) in [6, 6.07) is 4.57. The molecule has 3 aromatic heterocycles. The first-order valence-electron chi connectivity index (χ1n) is 6.26. The molecule has 3 rings (SSSR count). The molecule has 3 aromatic rings. The molecule has 0 radical (unpaired) electrons. The van der Waals surface area contributed by atoms with E-state index in [-0.39, 0.29) is 28.3 Å². The molecule has 22 heavy (non-hydrogen) atoms.